The van der Waals surface area contributed by atoms with Gasteiger partial charge < -0.3 is 19.8 Å². The van der Waals surface area contributed by atoms with Gasteiger partial charge >= 0.3 is 11.9 Å². The van der Waals surface area contributed by atoms with Crippen LogP contribution in [0.15, 0.2) is 24.3 Å². The number of ether oxygens (including phenoxy) is 1. The quantitative estimate of drug-likeness (QED) is 0.456. The molecule has 2 rings (SSSR count). The maximum absolute atomic E-state index is 9.10. The molecule has 0 aliphatic carbocycles. The molecule has 0 saturated carbocycles. The van der Waals surface area contributed by atoms with E-state index in [9.17, 15) is 0 Å². The molecule has 0 bridgehead atoms. The minimum atomic E-state index is -1.82. The molecular formula is C21H32ClNO5. The number of carbonyl (C=O) groups is 2. The SMILES string of the molecule is CC1CCN(CCCCCCCOc2ccc(Cl)cc2)CC1.O=C(O)C(=O)O. The molecule has 0 amide bonds. The molecule has 1 heterocycles. The normalized spacial score (nSPS) is 14.8. The van der Waals surface area contributed by atoms with Gasteiger partial charge in [0.25, 0.3) is 0 Å². The standard InChI is InChI=1S/C19H30ClNO.C2H2O4/c1-17-11-14-21(15-12-17)13-5-3-2-4-6-16-22-19-9-7-18(20)8-10-19;3-1(4)2(5)6/h7-10,17H,2-6,11-16H2,1H3;(H,3,4)(H,5,6). The van der Waals surface area contributed by atoms with Crippen molar-refractivity contribution in [3.63, 3.8) is 0 Å². The molecule has 0 atom stereocenters. The van der Waals surface area contributed by atoms with E-state index in [1.54, 1.807) is 0 Å². The first kappa shape index (κ1) is 24.2. The van der Waals surface area contributed by atoms with E-state index in [0.29, 0.717) is 0 Å². The average Bonchev–Trinajstić information content (AvgIpc) is 2.67. The number of carboxylic acid groups (broad SMARTS) is 2. The molecule has 1 fully saturated rings. The van der Waals surface area contributed by atoms with Gasteiger partial charge in [-0.25, -0.2) is 9.59 Å². The van der Waals surface area contributed by atoms with Crippen LogP contribution in [0, 0.1) is 5.92 Å². The van der Waals surface area contributed by atoms with Crippen molar-refractivity contribution in [2.45, 2.75) is 51.9 Å². The molecule has 1 aromatic carbocycles. The molecule has 0 radical (unpaired) electrons. The van der Waals surface area contributed by atoms with Gasteiger partial charge in [0.2, 0.25) is 0 Å². The van der Waals surface area contributed by atoms with Crippen molar-refractivity contribution in [1.29, 1.82) is 0 Å². The summed E-state index contributed by atoms with van der Waals surface area (Å²) in [4.78, 5) is 20.8. The first-order valence-corrected chi connectivity index (χ1v) is 10.3. The van der Waals surface area contributed by atoms with Gasteiger partial charge in [0.15, 0.2) is 0 Å². The van der Waals surface area contributed by atoms with Crippen molar-refractivity contribution >= 4 is 23.5 Å². The lowest BCUT2D eigenvalue weighted by atomic mass is 9.99. The average molecular weight is 414 g/mol. The van der Waals surface area contributed by atoms with Crippen molar-refractivity contribution in [2.24, 2.45) is 5.92 Å². The number of hydrogen-bond acceptors (Lipinski definition) is 4. The zero-order valence-electron chi connectivity index (χ0n) is 16.6. The number of hydrogen-bond donors (Lipinski definition) is 2. The topological polar surface area (TPSA) is 87.1 Å². The molecule has 6 nitrogen and oxygen atoms in total. The van der Waals surface area contributed by atoms with Crippen LogP contribution in [0.5, 0.6) is 5.75 Å². The molecule has 0 aromatic heterocycles. The van der Waals surface area contributed by atoms with Gasteiger partial charge in [-0.1, -0.05) is 37.8 Å². The van der Waals surface area contributed by atoms with Crippen molar-refractivity contribution in [2.75, 3.05) is 26.2 Å². The van der Waals surface area contributed by atoms with Crippen LogP contribution in [0.4, 0.5) is 0 Å². The molecule has 7 heteroatoms. The maximum atomic E-state index is 9.10. The van der Waals surface area contributed by atoms with E-state index in [2.05, 4.69) is 11.8 Å². The number of rotatable bonds is 9. The van der Waals surface area contributed by atoms with Crippen LogP contribution in [0.2, 0.25) is 5.02 Å². The third-order valence-corrected chi connectivity index (χ3v) is 5.01. The summed E-state index contributed by atoms with van der Waals surface area (Å²) in [6, 6.07) is 7.61. The Bertz CT molecular complexity index is 559. The molecule has 0 unspecified atom stereocenters. The Balaban J connectivity index is 0.000000568. The smallest absolute Gasteiger partial charge is 0.414 e. The molecule has 158 valence electrons. The predicted molar refractivity (Wildman–Crippen MR) is 110 cm³/mol. The van der Waals surface area contributed by atoms with Crippen molar-refractivity contribution in [3.05, 3.63) is 29.3 Å². The van der Waals surface area contributed by atoms with E-state index in [1.165, 1.54) is 58.2 Å². The fourth-order valence-corrected chi connectivity index (χ4v) is 3.10. The summed E-state index contributed by atoms with van der Waals surface area (Å²) in [5.74, 6) is -1.79. The number of likely N-dealkylation sites (tertiary alicyclic amines) is 1. The Kier molecular flexibility index (Phi) is 12.3. The molecule has 1 aliphatic rings. The lowest BCUT2D eigenvalue weighted by molar-refractivity contribution is -0.159. The Labute approximate surface area is 172 Å². The number of halogens is 1. The number of aliphatic carboxylic acids is 2. The van der Waals surface area contributed by atoms with Crippen molar-refractivity contribution in [1.82, 2.24) is 4.90 Å². The number of nitrogens with zero attached hydrogens (tertiary/aromatic N) is 1. The molecule has 1 aliphatic heterocycles. The van der Waals surface area contributed by atoms with Gasteiger partial charge in [0, 0.05) is 5.02 Å². The summed E-state index contributed by atoms with van der Waals surface area (Å²) in [6.45, 7) is 7.12. The Morgan fingerprint density at radius 1 is 1.00 bits per heavy atom. The highest BCUT2D eigenvalue weighted by molar-refractivity contribution is 6.30. The van der Waals surface area contributed by atoms with Crippen molar-refractivity contribution in [3.8, 4) is 5.75 Å². The van der Waals surface area contributed by atoms with Gasteiger partial charge in [-0.15, -0.1) is 0 Å². The molecular weight excluding hydrogens is 382 g/mol. The summed E-state index contributed by atoms with van der Waals surface area (Å²) in [5.41, 5.74) is 0. The monoisotopic (exact) mass is 413 g/mol. The number of carboxylic acids is 2. The van der Waals surface area contributed by atoms with Crippen LogP contribution >= 0.6 is 11.6 Å². The summed E-state index contributed by atoms with van der Waals surface area (Å²) >= 11 is 5.85. The Morgan fingerprint density at radius 2 is 1.54 bits per heavy atom. The van der Waals surface area contributed by atoms with Crippen LogP contribution in [0.1, 0.15) is 51.9 Å². The maximum Gasteiger partial charge on any atom is 0.414 e. The van der Waals surface area contributed by atoms with Crippen LogP contribution in [0.25, 0.3) is 0 Å². The van der Waals surface area contributed by atoms with Gasteiger partial charge in [0.1, 0.15) is 5.75 Å². The molecule has 28 heavy (non-hydrogen) atoms. The van der Waals surface area contributed by atoms with Crippen LogP contribution < -0.4 is 4.74 Å². The van der Waals surface area contributed by atoms with Gasteiger partial charge in [-0.05, 0) is 75.5 Å². The largest absolute Gasteiger partial charge is 0.494 e. The van der Waals surface area contributed by atoms with E-state index >= 15 is 0 Å². The van der Waals surface area contributed by atoms with Crippen molar-refractivity contribution < 1.29 is 24.5 Å². The fraction of sp³-hybridized carbons (Fsp3) is 0.619. The highest BCUT2D eigenvalue weighted by atomic mass is 35.5. The fourth-order valence-electron chi connectivity index (χ4n) is 2.97. The summed E-state index contributed by atoms with van der Waals surface area (Å²) in [5, 5.41) is 15.5. The predicted octanol–water partition coefficient (Wildman–Crippen LogP) is 4.56. The zero-order valence-corrected chi connectivity index (χ0v) is 17.4. The molecule has 2 N–H and O–H groups in total. The van der Waals surface area contributed by atoms with E-state index < -0.39 is 11.9 Å². The highest BCUT2D eigenvalue weighted by Crippen LogP contribution is 2.17. The van der Waals surface area contributed by atoms with E-state index in [1.807, 2.05) is 24.3 Å². The Morgan fingerprint density at radius 3 is 2.11 bits per heavy atom. The third-order valence-electron chi connectivity index (χ3n) is 4.76. The Hall–Kier alpha value is -1.79. The molecule has 1 aromatic rings. The first-order valence-electron chi connectivity index (χ1n) is 9.95. The number of benzene rings is 1. The van der Waals surface area contributed by atoms with Crippen LogP contribution in [0.3, 0.4) is 0 Å². The number of piperidine rings is 1. The second-order valence-electron chi connectivity index (χ2n) is 7.20. The second kappa shape index (κ2) is 14.2. The number of unbranched alkanes of at least 4 members (excludes halogenated alkanes) is 4. The minimum absolute atomic E-state index is 0.760. The van der Waals surface area contributed by atoms with Gasteiger partial charge in [-0.3, -0.25) is 0 Å². The van der Waals surface area contributed by atoms with Gasteiger partial charge in [0.05, 0.1) is 6.61 Å². The second-order valence-corrected chi connectivity index (χ2v) is 7.64. The highest BCUT2D eigenvalue weighted by Gasteiger charge is 2.14. The molecule has 0 spiro atoms. The lowest BCUT2D eigenvalue weighted by Gasteiger charge is -2.30. The minimum Gasteiger partial charge on any atom is -0.494 e. The van der Waals surface area contributed by atoms with E-state index in [-0.39, 0.29) is 0 Å². The summed E-state index contributed by atoms with van der Waals surface area (Å²) in [7, 11) is 0. The van der Waals surface area contributed by atoms with E-state index in [0.717, 1.165) is 29.7 Å². The van der Waals surface area contributed by atoms with E-state index in [4.69, 9.17) is 36.1 Å². The lowest BCUT2D eigenvalue weighted by Crippen LogP contribution is -2.33. The summed E-state index contributed by atoms with van der Waals surface area (Å²) in [6.07, 6.45) is 9.23. The molecule has 1 saturated heterocycles. The zero-order chi connectivity index (χ0) is 20.8. The van der Waals surface area contributed by atoms with Gasteiger partial charge in [-0.2, -0.15) is 0 Å². The van der Waals surface area contributed by atoms with Crippen LogP contribution in [-0.2, 0) is 9.59 Å². The first-order chi connectivity index (χ1) is 13.4. The third kappa shape index (κ3) is 11.8. The van der Waals surface area contributed by atoms with Crippen LogP contribution in [-0.4, -0.2) is 53.3 Å². The summed E-state index contributed by atoms with van der Waals surface area (Å²) < 4.78 is 5.71.